The summed E-state index contributed by atoms with van der Waals surface area (Å²) in [6.07, 6.45) is 0. The van der Waals surface area contributed by atoms with Crippen LogP contribution in [0.3, 0.4) is 0 Å². The van der Waals surface area contributed by atoms with Crippen LogP contribution in [0.1, 0.15) is 11.3 Å². The summed E-state index contributed by atoms with van der Waals surface area (Å²) in [7, 11) is 1.97. The Morgan fingerprint density at radius 1 is 0.952 bits per heavy atom. The number of fused-ring (bicyclic) bond motifs is 1. The SMILES string of the molecule is CNCc1ccc(SCc2ccc3ccccc3n2)cc1. The highest BCUT2D eigenvalue weighted by Crippen LogP contribution is 2.23. The Hall–Kier alpha value is -1.84. The highest BCUT2D eigenvalue weighted by Gasteiger charge is 2.00. The summed E-state index contributed by atoms with van der Waals surface area (Å²) in [5.74, 6) is 0.899. The number of hydrogen-bond acceptors (Lipinski definition) is 3. The van der Waals surface area contributed by atoms with Gasteiger partial charge in [-0.2, -0.15) is 0 Å². The number of nitrogens with zero attached hydrogens (tertiary/aromatic N) is 1. The normalized spacial score (nSPS) is 10.9. The standard InChI is InChI=1S/C18H18N2S/c1-19-12-14-6-10-17(11-7-14)21-13-16-9-8-15-4-2-3-5-18(15)20-16/h2-11,19H,12-13H2,1H3. The monoisotopic (exact) mass is 294 g/mol. The molecule has 1 N–H and O–H groups in total. The predicted octanol–water partition coefficient (Wildman–Crippen LogP) is 4.25. The van der Waals surface area contributed by atoms with E-state index in [9.17, 15) is 0 Å². The number of aromatic nitrogens is 1. The molecular formula is C18H18N2S. The number of hydrogen-bond donors (Lipinski definition) is 1. The van der Waals surface area contributed by atoms with Crippen LogP contribution < -0.4 is 5.32 Å². The first-order chi connectivity index (χ1) is 10.3. The minimum Gasteiger partial charge on any atom is -0.316 e. The first-order valence-electron chi connectivity index (χ1n) is 7.06. The van der Waals surface area contributed by atoms with E-state index in [-0.39, 0.29) is 0 Å². The zero-order chi connectivity index (χ0) is 14.5. The van der Waals surface area contributed by atoms with Crippen molar-refractivity contribution in [2.45, 2.75) is 17.2 Å². The van der Waals surface area contributed by atoms with Gasteiger partial charge in [0, 0.05) is 22.6 Å². The zero-order valence-electron chi connectivity index (χ0n) is 12.0. The van der Waals surface area contributed by atoms with E-state index in [0.717, 1.165) is 23.5 Å². The fourth-order valence-corrected chi connectivity index (χ4v) is 3.06. The van der Waals surface area contributed by atoms with Crippen LogP contribution in [0.5, 0.6) is 0 Å². The molecule has 0 radical (unpaired) electrons. The summed E-state index contributed by atoms with van der Waals surface area (Å²) >= 11 is 1.83. The number of nitrogens with one attached hydrogen (secondary N) is 1. The van der Waals surface area contributed by atoms with Gasteiger partial charge in [0.05, 0.1) is 11.2 Å². The van der Waals surface area contributed by atoms with Gasteiger partial charge in [-0.3, -0.25) is 4.98 Å². The molecule has 1 aromatic heterocycles. The molecule has 2 aromatic carbocycles. The lowest BCUT2D eigenvalue weighted by atomic mass is 10.2. The fourth-order valence-electron chi connectivity index (χ4n) is 2.25. The average Bonchev–Trinajstić information content (AvgIpc) is 2.54. The molecule has 0 saturated carbocycles. The van der Waals surface area contributed by atoms with Crippen molar-refractivity contribution in [2.75, 3.05) is 7.05 Å². The van der Waals surface area contributed by atoms with E-state index in [1.165, 1.54) is 15.8 Å². The second kappa shape index (κ2) is 6.74. The second-order valence-electron chi connectivity index (χ2n) is 4.96. The van der Waals surface area contributed by atoms with E-state index in [2.05, 4.69) is 53.8 Å². The summed E-state index contributed by atoms with van der Waals surface area (Å²) in [4.78, 5) is 5.99. The van der Waals surface area contributed by atoms with Crippen LogP contribution in [0.25, 0.3) is 10.9 Å². The molecule has 2 nitrogen and oxygen atoms in total. The van der Waals surface area contributed by atoms with Crippen LogP contribution in [0, 0.1) is 0 Å². The number of thioether (sulfide) groups is 1. The van der Waals surface area contributed by atoms with Gasteiger partial charge < -0.3 is 5.32 Å². The van der Waals surface area contributed by atoms with Crippen molar-refractivity contribution in [1.82, 2.24) is 10.3 Å². The van der Waals surface area contributed by atoms with Crippen LogP contribution in [0.2, 0.25) is 0 Å². The third kappa shape index (κ3) is 3.63. The molecular weight excluding hydrogens is 276 g/mol. The van der Waals surface area contributed by atoms with E-state index >= 15 is 0 Å². The summed E-state index contributed by atoms with van der Waals surface area (Å²) < 4.78 is 0. The van der Waals surface area contributed by atoms with E-state index in [1.54, 1.807) is 0 Å². The lowest BCUT2D eigenvalue weighted by molar-refractivity contribution is 0.817. The molecule has 3 aromatic rings. The summed E-state index contributed by atoms with van der Waals surface area (Å²) in [5, 5.41) is 4.36. The first kappa shape index (κ1) is 14.1. The largest absolute Gasteiger partial charge is 0.316 e. The van der Waals surface area contributed by atoms with Crippen molar-refractivity contribution < 1.29 is 0 Å². The van der Waals surface area contributed by atoms with Crippen molar-refractivity contribution >= 4 is 22.7 Å². The Labute approximate surface area is 129 Å². The van der Waals surface area contributed by atoms with Crippen molar-refractivity contribution in [3.8, 4) is 0 Å². The molecule has 3 rings (SSSR count). The molecule has 0 unspecified atom stereocenters. The molecule has 1 heterocycles. The maximum Gasteiger partial charge on any atom is 0.0705 e. The highest BCUT2D eigenvalue weighted by atomic mass is 32.2. The minimum atomic E-state index is 0.899. The number of para-hydroxylation sites is 1. The topological polar surface area (TPSA) is 24.9 Å². The second-order valence-corrected chi connectivity index (χ2v) is 6.01. The maximum atomic E-state index is 4.71. The smallest absolute Gasteiger partial charge is 0.0705 e. The molecule has 0 aliphatic heterocycles. The van der Waals surface area contributed by atoms with Gasteiger partial charge >= 0.3 is 0 Å². The lowest BCUT2D eigenvalue weighted by Crippen LogP contribution is -2.04. The van der Waals surface area contributed by atoms with Gasteiger partial charge in [0.1, 0.15) is 0 Å². The Kier molecular flexibility index (Phi) is 4.53. The van der Waals surface area contributed by atoms with Gasteiger partial charge in [0.2, 0.25) is 0 Å². The van der Waals surface area contributed by atoms with Crippen LogP contribution >= 0.6 is 11.8 Å². The van der Waals surface area contributed by atoms with Gasteiger partial charge in [0.15, 0.2) is 0 Å². The average molecular weight is 294 g/mol. The predicted molar refractivity (Wildman–Crippen MR) is 90.5 cm³/mol. The van der Waals surface area contributed by atoms with E-state index in [1.807, 2.05) is 30.9 Å². The first-order valence-corrected chi connectivity index (χ1v) is 8.05. The van der Waals surface area contributed by atoms with Crippen molar-refractivity contribution in [2.24, 2.45) is 0 Å². The minimum absolute atomic E-state index is 0.899. The number of benzene rings is 2. The highest BCUT2D eigenvalue weighted by molar-refractivity contribution is 7.98. The molecule has 0 atom stereocenters. The Morgan fingerprint density at radius 2 is 1.76 bits per heavy atom. The van der Waals surface area contributed by atoms with E-state index in [4.69, 9.17) is 4.98 Å². The molecule has 0 aliphatic carbocycles. The molecule has 0 amide bonds. The van der Waals surface area contributed by atoms with Gasteiger partial charge in [0.25, 0.3) is 0 Å². The third-order valence-corrected chi connectivity index (χ3v) is 4.39. The van der Waals surface area contributed by atoms with Gasteiger partial charge in [-0.1, -0.05) is 36.4 Å². The maximum absolute atomic E-state index is 4.71. The van der Waals surface area contributed by atoms with Crippen LogP contribution in [-0.2, 0) is 12.3 Å². The molecule has 0 bridgehead atoms. The molecule has 0 fully saturated rings. The number of pyridine rings is 1. The van der Waals surface area contributed by atoms with Gasteiger partial charge in [-0.25, -0.2) is 0 Å². The molecule has 106 valence electrons. The quantitative estimate of drug-likeness (QED) is 0.712. The Balaban J connectivity index is 1.68. The lowest BCUT2D eigenvalue weighted by Gasteiger charge is -2.05. The fraction of sp³-hybridized carbons (Fsp3) is 0.167. The molecule has 0 saturated heterocycles. The molecule has 0 spiro atoms. The van der Waals surface area contributed by atoms with Crippen molar-refractivity contribution in [3.05, 3.63) is 71.9 Å². The zero-order valence-corrected chi connectivity index (χ0v) is 12.9. The van der Waals surface area contributed by atoms with Gasteiger partial charge in [-0.15, -0.1) is 11.8 Å². The molecule has 21 heavy (non-hydrogen) atoms. The molecule has 0 aliphatic rings. The van der Waals surface area contributed by atoms with E-state index in [0.29, 0.717) is 0 Å². The third-order valence-electron chi connectivity index (χ3n) is 3.35. The van der Waals surface area contributed by atoms with Gasteiger partial charge in [-0.05, 0) is 36.9 Å². The number of rotatable bonds is 5. The van der Waals surface area contributed by atoms with Crippen molar-refractivity contribution in [3.63, 3.8) is 0 Å². The van der Waals surface area contributed by atoms with Crippen LogP contribution in [-0.4, -0.2) is 12.0 Å². The van der Waals surface area contributed by atoms with Crippen molar-refractivity contribution in [1.29, 1.82) is 0 Å². The Morgan fingerprint density at radius 3 is 2.57 bits per heavy atom. The van der Waals surface area contributed by atoms with Crippen LogP contribution in [0.4, 0.5) is 0 Å². The molecule has 3 heteroatoms. The summed E-state index contributed by atoms with van der Waals surface area (Å²) in [6.45, 7) is 0.914. The van der Waals surface area contributed by atoms with E-state index < -0.39 is 0 Å². The van der Waals surface area contributed by atoms with Crippen LogP contribution in [0.15, 0.2) is 65.6 Å². The summed E-state index contributed by atoms with van der Waals surface area (Å²) in [6, 6.07) is 21.2. The Bertz CT molecular complexity index is 723. The summed E-state index contributed by atoms with van der Waals surface area (Å²) in [5.41, 5.74) is 3.50.